The average molecular weight is 510 g/mol. The molecule has 13 heteroatoms. The largest absolute Gasteiger partial charge is 0.480 e. The number of benzene rings is 1. The Morgan fingerprint density at radius 1 is 1.17 bits per heavy atom. The molecule has 0 aliphatic carbocycles. The molecular weight excluding hydrogens is 491 g/mol. The molecule has 0 spiro atoms. The molecular formula is C22H19ClF3N5O4. The van der Waals surface area contributed by atoms with E-state index in [2.05, 4.69) is 15.1 Å². The van der Waals surface area contributed by atoms with Crippen LogP contribution in [0.2, 0.25) is 5.15 Å². The van der Waals surface area contributed by atoms with E-state index in [9.17, 15) is 23.1 Å². The van der Waals surface area contributed by atoms with Crippen LogP contribution in [0.4, 0.5) is 13.2 Å². The predicted molar refractivity (Wildman–Crippen MR) is 120 cm³/mol. The van der Waals surface area contributed by atoms with Gasteiger partial charge in [0.05, 0.1) is 11.1 Å². The summed E-state index contributed by atoms with van der Waals surface area (Å²) in [5.74, 6) is -0.0722. The van der Waals surface area contributed by atoms with Crippen molar-refractivity contribution in [3.8, 4) is 23.1 Å². The Hall–Kier alpha value is -3.64. The van der Waals surface area contributed by atoms with E-state index in [0.29, 0.717) is 5.39 Å². The van der Waals surface area contributed by atoms with E-state index in [-0.39, 0.29) is 46.0 Å². The molecule has 0 saturated carbocycles. The normalized spacial score (nSPS) is 12.7. The molecule has 0 fully saturated rings. The summed E-state index contributed by atoms with van der Waals surface area (Å²) in [6.45, 7) is 2.30. The molecule has 0 radical (unpaired) electrons. The van der Waals surface area contributed by atoms with Crippen LogP contribution in [0, 0.1) is 0 Å². The van der Waals surface area contributed by atoms with Gasteiger partial charge in [-0.1, -0.05) is 11.6 Å². The number of ether oxygens (including phenoxy) is 2. The average Bonchev–Trinajstić information content (AvgIpc) is 3.15. The van der Waals surface area contributed by atoms with Crippen molar-refractivity contribution in [2.24, 2.45) is 0 Å². The maximum atomic E-state index is 13.4. The lowest BCUT2D eigenvalue weighted by atomic mass is 10.1. The zero-order chi connectivity index (χ0) is 25.3. The molecule has 0 saturated heterocycles. The molecule has 0 aliphatic heterocycles. The minimum Gasteiger partial charge on any atom is -0.480 e. The number of alkyl halides is 3. The summed E-state index contributed by atoms with van der Waals surface area (Å²) in [5, 5.41) is 14.2. The van der Waals surface area contributed by atoms with Crippen LogP contribution >= 0.6 is 11.6 Å². The van der Waals surface area contributed by atoms with Gasteiger partial charge in [0, 0.05) is 25.0 Å². The molecule has 4 rings (SSSR count). The quantitative estimate of drug-likeness (QED) is 0.371. The smallest absolute Gasteiger partial charge is 0.425 e. The minimum atomic E-state index is -4.66. The van der Waals surface area contributed by atoms with Gasteiger partial charge in [-0.2, -0.15) is 17.9 Å². The summed E-state index contributed by atoms with van der Waals surface area (Å²) in [7, 11) is 0. The summed E-state index contributed by atoms with van der Waals surface area (Å²) >= 11 is 6.06. The van der Waals surface area contributed by atoms with Crippen LogP contribution in [-0.4, -0.2) is 41.7 Å². The highest BCUT2D eigenvalue weighted by atomic mass is 35.5. The first kappa shape index (κ1) is 24.5. The van der Waals surface area contributed by atoms with Crippen molar-refractivity contribution in [1.29, 1.82) is 0 Å². The molecule has 184 valence electrons. The highest BCUT2D eigenvalue weighted by Gasteiger charge is 2.38. The number of aliphatic hydroxyl groups excluding tert-OH is 1. The summed E-state index contributed by atoms with van der Waals surface area (Å²) < 4.78 is 53.4. The first-order valence-electron chi connectivity index (χ1n) is 10.4. The van der Waals surface area contributed by atoms with Gasteiger partial charge in [0.25, 0.3) is 0 Å². The number of aromatic nitrogens is 5. The lowest BCUT2D eigenvalue weighted by molar-refractivity contribution is -0.189. The first-order chi connectivity index (χ1) is 16.6. The number of fused-ring (bicyclic) bond motifs is 1. The molecule has 35 heavy (non-hydrogen) atoms. The Morgan fingerprint density at radius 2 is 1.94 bits per heavy atom. The van der Waals surface area contributed by atoms with Crippen LogP contribution < -0.4 is 15.2 Å². The number of nitrogens with zero attached hydrogens (tertiary/aromatic N) is 5. The van der Waals surface area contributed by atoms with Crippen molar-refractivity contribution in [2.75, 3.05) is 0 Å². The van der Waals surface area contributed by atoms with E-state index in [0.717, 1.165) is 11.6 Å². The lowest BCUT2D eigenvalue weighted by Crippen LogP contribution is -2.31. The van der Waals surface area contributed by atoms with Gasteiger partial charge in [-0.3, -0.25) is 4.57 Å². The summed E-state index contributed by atoms with van der Waals surface area (Å²) in [6.07, 6.45) is -4.02. The molecule has 1 aromatic carbocycles. The molecule has 3 heterocycles. The van der Waals surface area contributed by atoms with Crippen LogP contribution in [0.15, 0.2) is 47.5 Å². The second kappa shape index (κ2) is 9.55. The van der Waals surface area contributed by atoms with Gasteiger partial charge in [-0.15, -0.1) is 5.10 Å². The van der Waals surface area contributed by atoms with E-state index in [1.54, 1.807) is 13.0 Å². The lowest BCUT2D eigenvalue weighted by Gasteiger charge is -2.20. The Bertz CT molecular complexity index is 1440. The number of hydrogen-bond donors (Lipinski definition) is 1. The van der Waals surface area contributed by atoms with Gasteiger partial charge in [0.15, 0.2) is 22.8 Å². The molecule has 1 atom stereocenters. The fourth-order valence-corrected chi connectivity index (χ4v) is 3.53. The van der Waals surface area contributed by atoms with Crippen LogP contribution in [0.3, 0.4) is 0 Å². The second-order valence-electron chi connectivity index (χ2n) is 7.37. The fourth-order valence-electron chi connectivity index (χ4n) is 3.37. The van der Waals surface area contributed by atoms with Crippen LogP contribution in [0.25, 0.3) is 16.5 Å². The molecule has 0 bridgehead atoms. The van der Waals surface area contributed by atoms with Crippen LogP contribution in [-0.2, 0) is 13.2 Å². The van der Waals surface area contributed by atoms with E-state index in [4.69, 9.17) is 21.1 Å². The van der Waals surface area contributed by atoms with Crippen molar-refractivity contribution in [1.82, 2.24) is 24.3 Å². The van der Waals surface area contributed by atoms with Crippen LogP contribution in [0.5, 0.6) is 17.4 Å². The molecule has 9 nitrogen and oxygen atoms in total. The van der Waals surface area contributed by atoms with Crippen molar-refractivity contribution < 1.29 is 27.8 Å². The highest BCUT2D eigenvalue weighted by molar-refractivity contribution is 6.30. The monoisotopic (exact) mass is 509 g/mol. The third-order valence-corrected chi connectivity index (χ3v) is 5.40. The summed E-state index contributed by atoms with van der Waals surface area (Å²) in [6, 6.07) is 7.38. The Balaban J connectivity index is 1.93. The van der Waals surface area contributed by atoms with E-state index in [1.807, 2.05) is 0 Å². The predicted octanol–water partition coefficient (Wildman–Crippen LogP) is 4.26. The van der Waals surface area contributed by atoms with Gasteiger partial charge in [-0.25, -0.2) is 14.8 Å². The zero-order valence-electron chi connectivity index (χ0n) is 18.5. The molecule has 3 aromatic heterocycles. The van der Waals surface area contributed by atoms with Crippen molar-refractivity contribution in [3.63, 3.8) is 0 Å². The third kappa shape index (κ3) is 4.80. The maximum Gasteiger partial charge on any atom is 0.425 e. The summed E-state index contributed by atoms with van der Waals surface area (Å²) in [5.41, 5.74) is -0.441. The van der Waals surface area contributed by atoms with E-state index >= 15 is 0 Å². The third-order valence-electron chi connectivity index (χ3n) is 5.11. The van der Waals surface area contributed by atoms with Gasteiger partial charge in [0.1, 0.15) is 12.4 Å². The van der Waals surface area contributed by atoms with Gasteiger partial charge in [-0.05, 0) is 43.5 Å². The van der Waals surface area contributed by atoms with Crippen molar-refractivity contribution in [2.45, 2.75) is 39.3 Å². The Morgan fingerprint density at radius 3 is 2.57 bits per heavy atom. The number of halogens is 4. The number of rotatable bonds is 7. The SMILES string of the molecule is CCn1c(CO)nn(-c2cc(OC(C)C(F)(F)F)c3c(Oc4cccnc4Cl)nccc3c2)c1=O. The standard InChI is InChI=1S/C22H19ClF3N5O4/c1-3-30-17(11-32)29-31(21(30)33)14-9-13-6-8-28-20(35-15-5-4-7-27-19(15)23)18(13)16(10-14)34-12(2)22(24,25)26/h4-10,12,32H,3,11H2,1-2H3. The maximum absolute atomic E-state index is 13.4. The molecule has 0 amide bonds. The van der Waals surface area contributed by atoms with E-state index in [1.165, 1.54) is 41.2 Å². The Labute approximate surface area is 201 Å². The molecule has 0 aliphatic rings. The van der Waals surface area contributed by atoms with Gasteiger partial charge >= 0.3 is 11.9 Å². The fraction of sp³-hybridized carbons (Fsp3) is 0.273. The first-order valence-corrected chi connectivity index (χ1v) is 10.8. The zero-order valence-corrected chi connectivity index (χ0v) is 19.2. The van der Waals surface area contributed by atoms with Gasteiger partial charge < -0.3 is 14.6 Å². The van der Waals surface area contributed by atoms with E-state index < -0.39 is 24.6 Å². The van der Waals surface area contributed by atoms with Crippen molar-refractivity contribution >= 4 is 22.4 Å². The van der Waals surface area contributed by atoms with Gasteiger partial charge in [0.2, 0.25) is 5.88 Å². The number of aliphatic hydroxyl groups is 1. The number of pyridine rings is 2. The summed E-state index contributed by atoms with van der Waals surface area (Å²) in [4.78, 5) is 20.9. The number of hydrogen-bond acceptors (Lipinski definition) is 7. The topological polar surface area (TPSA) is 104 Å². The molecule has 1 N–H and O–H groups in total. The molecule has 4 aromatic rings. The highest BCUT2D eigenvalue weighted by Crippen LogP contribution is 2.39. The second-order valence-corrected chi connectivity index (χ2v) is 7.73. The Kier molecular flexibility index (Phi) is 6.68. The molecule has 1 unspecified atom stereocenters. The van der Waals surface area contributed by atoms with Crippen molar-refractivity contribution in [3.05, 3.63) is 64.2 Å². The minimum absolute atomic E-state index is 0.0299. The van der Waals surface area contributed by atoms with Crippen LogP contribution in [0.1, 0.15) is 19.7 Å².